The van der Waals surface area contributed by atoms with E-state index >= 15 is 0 Å². The van der Waals surface area contributed by atoms with Crippen molar-refractivity contribution in [2.75, 3.05) is 43.5 Å². The van der Waals surface area contributed by atoms with Crippen LogP contribution in [0.3, 0.4) is 0 Å². The highest BCUT2D eigenvalue weighted by Crippen LogP contribution is 2.19. The summed E-state index contributed by atoms with van der Waals surface area (Å²) < 4.78 is 6.50. The zero-order valence-corrected chi connectivity index (χ0v) is 18.1. The summed E-state index contributed by atoms with van der Waals surface area (Å²) in [6.07, 6.45) is 0. The molecule has 2 aromatic carbocycles. The molecule has 2 amide bonds. The number of nitrogens with zero attached hydrogens (tertiary/aromatic N) is 4. The van der Waals surface area contributed by atoms with Gasteiger partial charge in [-0.25, -0.2) is 14.6 Å². The molecule has 0 saturated carbocycles. The van der Waals surface area contributed by atoms with E-state index in [1.54, 1.807) is 33.7 Å². The molecule has 166 valence electrons. The molecule has 1 fully saturated rings. The van der Waals surface area contributed by atoms with Crippen molar-refractivity contribution in [1.29, 1.82) is 0 Å². The van der Waals surface area contributed by atoms with Gasteiger partial charge in [0, 0.05) is 32.7 Å². The Morgan fingerprint density at radius 3 is 2.44 bits per heavy atom. The number of benzene rings is 2. The number of nitrogens with one attached hydrogen (secondary N) is 1. The number of amides is 2. The van der Waals surface area contributed by atoms with Gasteiger partial charge in [-0.3, -0.25) is 4.79 Å². The van der Waals surface area contributed by atoms with Crippen LogP contribution in [0, 0.1) is 0 Å². The van der Waals surface area contributed by atoms with Crippen LogP contribution in [0.5, 0.6) is 0 Å². The van der Waals surface area contributed by atoms with E-state index in [2.05, 4.69) is 10.3 Å². The highest BCUT2D eigenvalue weighted by molar-refractivity contribution is 6.00. The third kappa shape index (κ3) is 4.01. The first-order chi connectivity index (χ1) is 15.5. The van der Waals surface area contributed by atoms with E-state index in [9.17, 15) is 14.4 Å². The first kappa shape index (κ1) is 21.4. The smallest absolute Gasteiger partial charge is 0.339 e. The van der Waals surface area contributed by atoms with Crippen molar-refractivity contribution >= 4 is 34.5 Å². The first-order valence-electron chi connectivity index (χ1n) is 10.5. The van der Waals surface area contributed by atoms with Crippen LogP contribution in [0.25, 0.3) is 11.0 Å². The quantitative estimate of drug-likeness (QED) is 0.633. The predicted molar refractivity (Wildman–Crippen MR) is 122 cm³/mol. The van der Waals surface area contributed by atoms with Gasteiger partial charge < -0.3 is 24.4 Å². The number of ether oxygens (including phenoxy) is 1. The fourth-order valence-corrected chi connectivity index (χ4v) is 3.89. The van der Waals surface area contributed by atoms with Gasteiger partial charge in [0.15, 0.2) is 5.82 Å². The van der Waals surface area contributed by atoms with Gasteiger partial charge in [-0.2, -0.15) is 0 Å². The lowest BCUT2D eigenvalue weighted by Crippen LogP contribution is -2.51. The van der Waals surface area contributed by atoms with Gasteiger partial charge in [-0.05, 0) is 31.2 Å². The number of esters is 1. The molecular formula is C23H25N5O4. The summed E-state index contributed by atoms with van der Waals surface area (Å²) in [7, 11) is 1.30. The molecule has 1 aliphatic rings. The lowest BCUT2D eigenvalue weighted by atomic mass is 10.2. The number of fused-ring (bicyclic) bond motifs is 1. The number of para-hydroxylation sites is 3. The van der Waals surface area contributed by atoms with Crippen LogP contribution in [-0.4, -0.2) is 59.7 Å². The molecule has 1 aromatic heterocycles. The largest absolute Gasteiger partial charge is 0.465 e. The molecule has 32 heavy (non-hydrogen) atoms. The number of aryl methyl sites for hydroxylation is 1. The van der Waals surface area contributed by atoms with Crippen molar-refractivity contribution in [2.45, 2.75) is 13.5 Å². The van der Waals surface area contributed by atoms with Crippen molar-refractivity contribution in [2.24, 2.45) is 0 Å². The Hall–Kier alpha value is -3.88. The lowest BCUT2D eigenvalue weighted by molar-refractivity contribution is 0.0602. The molecule has 0 radical (unpaired) electrons. The Morgan fingerprint density at radius 2 is 1.72 bits per heavy atom. The van der Waals surface area contributed by atoms with Gasteiger partial charge in [-0.1, -0.05) is 24.3 Å². The molecule has 1 N–H and O–H groups in total. The molecular weight excluding hydrogens is 410 g/mol. The van der Waals surface area contributed by atoms with Crippen molar-refractivity contribution < 1.29 is 14.3 Å². The van der Waals surface area contributed by atoms with Gasteiger partial charge >= 0.3 is 12.0 Å². The number of rotatable bonds is 4. The second-order valence-electron chi connectivity index (χ2n) is 7.41. The molecule has 0 spiro atoms. The molecule has 0 bridgehead atoms. The van der Waals surface area contributed by atoms with Gasteiger partial charge in [0.25, 0.3) is 5.56 Å². The Balaban J connectivity index is 1.48. The fourth-order valence-electron chi connectivity index (χ4n) is 3.89. The van der Waals surface area contributed by atoms with Crippen molar-refractivity contribution in [3.05, 3.63) is 64.4 Å². The van der Waals surface area contributed by atoms with Crippen LogP contribution >= 0.6 is 0 Å². The van der Waals surface area contributed by atoms with Crippen LogP contribution in [0.15, 0.2) is 53.3 Å². The summed E-state index contributed by atoms with van der Waals surface area (Å²) in [5.41, 5.74) is 2.14. The van der Waals surface area contributed by atoms with Crippen molar-refractivity contribution in [3.8, 4) is 0 Å². The van der Waals surface area contributed by atoms with Crippen LogP contribution < -0.4 is 15.8 Å². The molecule has 9 heteroatoms. The highest BCUT2D eigenvalue weighted by atomic mass is 16.5. The monoisotopic (exact) mass is 435 g/mol. The van der Waals surface area contributed by atoms with E-state index in [0.717, 1.165) is 11.0 Å². The van der Waals surface area contributed by atoms with Crippen LogP contribution in [-0.2, 0) is 11.3 Å². The minimum absolute atomic E-state index is 0.129. The maximum atomic E-state index is 13.0. The maximum Gasteiger partial charge on any atom is 0.339 e. The molecule has 0 aliphatic carbocycles. The summed E-state index contributed by atoms with van der Waals surface area (Å²) in [5.74, 6) is -0.109. The van der Waals surface area contributed by atoms with Crippen molar-refractivity contribution in [3.63, 3.8) is 0 Å². The number of carbonyl (C=O) groups is 2. The third-order valence-corrected chi connectivity index (χ3v) is 5.59. The normalized spacial score (nSPS) is 13.8. The minimum Gasteiger partial charge on any atom is -0.465 e. The van der Waals surface area contributed by atoms with E-state index < -0.39 is 5.97 Å². The van der Waals surface area contributed by atoms with Crippen LogP contribution in [0.2, 0.25) is 0 Å². The van der Waals surface area contributed by atoms with E-state index in [-0.39, 0.29) is 11.6 Å². The van der Waals surface area contributed by atoms with Gasteiger partial charge in [0.2, 0.25) is 0 Å². The topological polar surface area (TPSA) is 96.8 Å². The van der Waals surface area contributed by atoms with E-state index in [1.807, 2.05) is 36.1 Å². The second kappa shape index (κ2) is 9.09. The van der Waals surface area contributed by atoms with Crippen LogP contribution in [0.1, 0.15) is 17.3 Å². The lowest BCUT2D eigenvalue weighted by Gasteiger charge is -2.35. The molecule has 0 unspecified atom stereocenters. The summed E-state index contributed by atoms with van der Waals surface area (Å²) in [6, 6.07) is 14.0. The van der Waals surface area contributed by atoms with Gasteiger partial charge in [-0.15, -0.1) is 0 Å². The number of aromatic nitrogens is 2. The van der Waals surface area contributed by atoms with E-state index in [4.69, 9.17) is 4.74 Å². The summed E-state index contributed by atoms with van der Waals surface area (Å²) in [6.45, 7) is 4.30. The van der Waals surface area contributed by atoms with E-state index in [0.29, 0.717) is 49.8 Å². The maximum absolute atomic E-state index is 13.0. The summed E-state index contributed by atoms with van der Waals surface area (Å²) in [5, 5.41) is 2.79. The Bertz CT molecular complexity index is 1210. The Morgan fingerprint density at radius 1 is 1.03 bits per heavy atom. The summed E-state index contributed by atoms with van der Waals surface area (Å²) >= 11 is 0. The molecule has 9 nitrogen and oxygen atoms in total. The van der Waals surface area contributed by atoms with Gasteiger partial charge in [0.1, 0.15) is 0 Å². The molecule has 2 heterocycles. The average Bonchev–Trinajstić information content (AvgIpc) is 2.83. The average molecular weight is 435 g/mol. The zero-order chi connectivity index (χ0) is 22.7. The molecule has 0 atom stereocenters. The second-order valence-corrected chi connectivity index (χ2v) is 7.41. The fraction of sp³-hybridized carbons (Fsp3) is 0.304. The number of carbonyl (C=O) groups excluding carboxylic acids is 2. The van der Waals surface area contributed by atoms with E-state index in [1.165, 1.54) is 7.11 Å². The molecule has 4 rings (SSSR count). The molecule has 1 aliphatic heterocycles. The first-order valence-corrected chi connectivity index (χ1v) is 10.5. The van der Waals surface area contributed by atoms with Crippen molar-refractivity contribution in [1.82, 2.24) is 14.5 Å². The summed E-state index contributed by atoms with van der Waals surface area (Å²) in [4.78, 5) is 45.9. The Kier molecular flexibility index (Phi) is 6.07. The molecule has 1 saturated heterocycles. The van der Waals surface area contributed by atoms with Crippen LogP contribution in [0.4, 0.5) is 16.3 Å². The highest BCUT2D eigenvalue weighted by Gasteiger charge is 2.25. The predicted octanol–water partition coefficient (Wildman–Crippen LogP) is 2.56. The number of methoxy groups -OCH3 is 1. The number of piperazine rings is 1. The SMILES string of the molecule is CCn1c(=O)c(N2CCN(C(=O)Nc3ccccc3C(=O)OC)CC2)nc2ccccc21. The minimum atomic E-state index is -0.514. The third-order valence-electron chi connectivity index (χ3n) is 5.59. The number of hydrogen-bond donors (Lipinski definition) is 1. The molecule has 3 aromatic rings. The number of anilines is 2. The zero-order valence-electron chi connectivity index (χ0n) is 18.1. The number of hydrogen-bond acceptors (Lipinski definition) is 6. The number of urea groups is 1. The standard InChI is InChI=1S/C23H25N5O4/c1-3-28-19-11-7-6-10-18(19)24-20(21(28)29)26-12-14-27(15-13-26)23(31)25-17-9-5-4-8-16(17)22(30)32-2/h4-11H,3,12-15H2,1-2H3,(H,25,31). The Labute approximate surface area is 185 Å². The van der Waals surface area contributed by atoms with Gasteiger partial charge in [0.05, 0.1) is 29.4 Å².